The van der Waals surface area contributed by atoms with Crippen LogP contribution in [0.2, 0.25) is 0 Å². The van der Waals surface area contributed by atoms with E-state index in [1.807, 2.05) is 32.0 Å². The lowest BCUT2D eigenvalue weighted by Gasteiger charge is -2.03. The first kappa shape index (κ1) is 10.6. The molecule has 0 fully saturated rings. The molecule has 0 amide bonds. The molecule has 0 saturated carbocycles. The fraction of sp³-hybridized carbons (Fsp3) is 0.231. The molecule has 0 saturated heterocycles. The molecule has 3 nitrogen and oxygen atoms in total. The predicted octanol–water partition coefficient (Wildman–Crippen LogP) is 3.02. The van der Waals surface area contributed by atoms with Crippen LogP contribution in [0.3, 0.4) is 0 Å². The van der Waals surface area contributed by atoms with E-state index < -0.39 is 0 Å². The van der Waals surface area contributed by atoms with Crippen LogP contribution in [-0.4, -0.2) is 11.4 Å². The van der Waals surface area contributed by atoms with Gasteiger partial charge in [-0.3, -0.25) is 4.79 Å². The molecule has 0 atom stereocenters. The van der Waals surface area contributed by atoms with Crippen LogP contribution in [-0.2, 0) is 6.42 Å². The van der Waals surface area contributed by atoms with Gasteiger partial charge in [0.05, 0.1) is 5.69 Å². The van der Waals surface area contributed by atoms with Gasteiger partial charge in [-0.05, 0) is 18.9 Å². The second-order valence-electron chi connectivity index (χ2n) is 3.62. The van der Waals surface area contributed by atoms with Crippen molar-refractivity contribution in [2.24, 2.45) is 0 Å². The van der Waals surface area contributed by atoms with Crippen molar-refractivity contribution in [2.75, 3.05) is 0 Å². The van der Waals surface area contributed by atoms with Crippen LogP contribution >= 0.6 is 0 Å². The van der Waals surface area contributed by atoms with Crippen molar-refractivity contribution in [2.45, 2.75) is 20.3 Å². The molecule has 2 rings (SSSR count). The summed E-state index contributed by atoms with van der Waals surface area (Å²) in [6.07, 6.45) is 1.65. The van der Waals surface area contributed by atoms with Crippen molar-refractivity contribution in [3.8, 4) is 11.1 Å². The number of aryl methyl sites for hydroxylation is 2. The maximum atomic E-state index is 11.0. The highest BCUT2D eigenvalue weighted by molar-refractivity contribution is 5.88. The Balaban J connectivity index is 2.66. The van der Waals surface area contributed by atoms with Gasteiger partial charge >= 0.3 is 0 Å². The molecule has 0 bridgehead atoms. The fourth-order valence-electron chi connectivity index (χ4n) is 1.83. The number of hydrogen-bond donors (Lipinski definition) is 0. The Kier molecular flexibility index (Phi) is 2.86. The number of benzene rings is 1. The van der Waals surface area contributed by atoms with Gasteiger partial charge in [0.15, 0.2) is 6.29 Å². The molecule has 16 heavy (non-hydrogen) atoms. The molecule has 0 aliphatic heterocycles. The standard InChI is InChI=1S/C13H13NO2/c1-3-12-13(9(2)16-14-12)11-7-5-4-6-10(11)8-15/h4-8H,3H2,1-2H3. The van der Waals surface area contributed by atoms with E-state index in [1.165, 1.54) is 0 Å². The summed E-state index contributed by atoms with van der Waals surface area (Å²) >= 11 is 0. The van der Waals surface area contributed by atoms with Crippen LogP contribution in [0.15, 0.2) is 28.8 Å². The highest BCUT2D eigenvalue weighted by Gasteiger charge is 2.15. The van der Waals surface area contributed by atoms with E-state index in [2.05, 4.69) is 5.16 Å². The summed E-state index contributed by atoms with van der Waals surface area (Å²) in [5.74, 6) is 0.756. The van der Waals surface area contributed by atoms with E-state index >= 15 is 0 Å². The zero-order valence-electron chi connectivity index (χ0n) is 9.36. The smallest absolute Gasteiger partial charge is 0.150 e. The largest absolute Gasteiger partial charge is 0.361 e. The van der Waals surface area contributed by atoms with E-state index in [1.54, 1.807) is 6.07 Å². The first-order valence-corrected chi connectivity index (χ1v) is 5.27. The van der Waals surface area contributed by atoms with Gasteiger partial charge in [-0.2, -0.15) is 0 Å². The minimum absolute atomic E-state index is 0.670. The molecule has 0 N–H and O–H groups in total. The third kappa shape index (κ3) is 1.65. The minimum atomic E-state index is 0.670. The average molecular weight is 215 g/mol. The van der Waals surface area contributed by atoms with Crippen molar-refractivity contribution in [1.82, 2.24) is 5.16 Å². The quantitative estimate of drug-likeness (QED) is 0.739. The van der Waals surface area contributed by atoms with E-state index in [4.69, 9.17) is 4.52 Å². The fourth-order valence-corrected chi connectivity index (χ4v) is 1.83. The molecule has 0 aliphatic rings. The molecule has 0 radical (unpaired) electrons. The van der Waals surface area contributed by atoms with E-state index in [0.29, 0.717) is 5.56 Å². The number of hydrogen-bond acceptors (Lipinski definition) is 3. The normalized spacial score (nSPS) is 10.4. The Morgan fingerprint density at radius 1 is 1.38 bits per heavy atom. The molecular formula is C13H13NO2. The number of aldehydes is 1. The van der Waals surface area contributed by atoms with E-state index in [9.17, 15) is 4.79 Å². The lowest BCUT2D eigenvalue weighted by molar-refractivity contribution is 0.112. The number of nitrogens with zero attached hydrogens (tertiary/aromatic N) is 1. The van der Waals surface area contributed by atoms with E-state index in [0.717, 1.165) is 35.3 Å². The molecule has 1 aromatic carbocycles. The van der Waals surface area contributed by atoms with Crippen LogP contribution in [0.4, 0.5) is 0 Å². The van der Waals surface area contributed by atoms with E-state index in [-0.39, 0.29) is 0 Å². The Labute approximate surface area is 94.1 Å². The Morgan fingerprint density at radius 2 is 2.12 bits per heavy atom. The summed E-state index contributed by atoms with van der Waals surface area (Å²) in [7, 11) is 0. The SMILES string of the molecule is CCc1noc(C)c1-c1ccccc1C=O. The minimum Gasteiger partial charge on any atom is -0.361 e. The third-order valence-corrected chi connectivity index (χ3v) is 2.63. The maximum Gasteiger partial charge on any atom is 0.150 e. The van der Waals surface area contributed by atoms with Gasteiger partial charge in [-0.25, -0.2) is 0 Å². The molecule has 0 aliphatic carbocycles. The second kappa shape index (κ2) is 4.31. The van der Waals surface area contributed by atoms with Gasteiger partial charge in [-0.15, -0.1) is 0 Å². The molecule has 1 heterocycles. The highest BCUT2D eigenvalue weighted by Crippen LogP contribution is 2.29. The van der Waals surface area contributed by atoms with Crippen molar-refractivity contribution < 1.29 is 9.32 Å². The summed E-state index contributed by atoms with van der Waals surface area (Å²) in [5, 5.41) is 4.00. The first-order chi connectivity index (χ1) is 7.77. The van der Waals surface area contributed by atoms with Gasteiger partial charge in [0.25, 0.3) is 0 Å². The van der Waals surface area contributed by atoms with Crippen molar-refractivity contribution in [3.05, 3.63) is 41.3 Å². The third-order valence-electron chi connectivity index (χ3n) is 2.63. The summed E-state index contributed by atoms with van der Waals surface area (Å²) in [6.45, 7) is 3.88. The Hall–Kier alpha value is -1.90. The molecule has 82 valence electrons. The Morgan fingerprint density at radius 3 is 2.81 bits per heavy atom. The molecule has 1 aromatic heterocycles. The van der Waals surface area contributed by atoms with Gasteiger partial charge < -0.3 is 4.52 Å². The number of carbonyl (C=O) groups is 1. The zero-order valence-corrected chi connectivity index (χ0v) is 9.36. The van der Waals surface area contributed by atoms with Gasteiger partial charge in [-0.1, -0.05) is 36.3 Å². The number of carbonyl (C=O) groups excluding carboxylic acids is 1. The van der Waals surface area contributed by atoms with Gasteiger partial charge in [0.2, 0.25) is 0 Å². The maximum absolute atomic E-state index is 11.0. The average Bonchev–Trinajstić information content (AvgIpc) is 2.70. The predicted molar refractivity (Wildman–Crippen MR) is 61.4 cm³/mol. The van der Waals surface area contributed by atoms with Crippen LogP contribution in [0.25, 0.3) is 11.1 Å². The molecule has 2 aromatic rings. The van der Waals surface area contributed by atoms with Gasteiger partial charge in [0, 0.05) is 11.1 Å². The zero-order chi connectivity index (χ0) is 11.5. The van der Waals surface area contributed by atoms with Crippen LogP contribution < -0.4 is 0 Å². The van der Waals surface area contributed by atoms with Crippen LogP contribution in [0, 0.1) is 6.92 Å². The monoisotopic (exact) mass is 215 g/mol. The van der Waals surface area contributed by atoms with Crippen molar-refractivity contribution in [1.29, 1.82) is 0 Å². The summed E-state index contributed by atoms with van der Waals surface area (Å²) in [5.41, 5.74) is 3.41. The summed E-state index contributed by atoms with van der Waals surface area (Å²) in [4.78, 5) is 11.0. The Bertz CT molecular complexity index is 514. The van der Waals surface area contributed by atoms with Crippen molar-refractivity contribution in [3.63, 3.8) is 0 Å². The molecular weight excluding hydrogens is 202 g/mol. The van der Waals surface area contributed by atoms with Gasteiger partial charge in [0.1, 0.15) is 5.76 Å². The summed E-state index contributed by atoms with van der Waals surface area (Å²) in [6, 6.07) is 7.48. The van der Waals surface area contributed by atoms with Crippen molar-refractivity contribution >= 4 is 6.29 Å². The molecule has 0 unspecified atom stereocenters. The van der Waals surface area contributed by atoms with Crippen LogP contribution in [0.5, 0.6) is 0 Å². The number of rotatable bonds is 3. The molecule has 3 heteroatoms. The highest BCUT2D eigenvalue weighted by atomic mass is 16.5. The molecule has 0 spiro atoms. The number of aromatic nitrogens is 1. The lowest BCUT2D eigenvalue weighted by Crippen LogP contribution is -1.91. The second-order valence-corrected chi connectivity index (χ2v) is 3.62. The topological polar surface area (TPSA) is 43.1 Å². The summed E-state index contributed by atoms with van der Waals surface area (Å²) < 4.78 is 5.17. The first-order valence-electron chi connectivity index (χ1n) is 5.27. The lowest BCUT2D eigenvalue weighted by atomic mass is 9.98. The van der Waals surface area contributed by atoms with Crippen LogP contribution in [0.1, 0.15) is 28.7 Å².